The van der Waals surface area contributed by atoms with Gasteiger partial charge in [-0.1, -0.05) is 79.7 Å². The maximum absolute atomic E-state index is 13.7. The van der Waals surface area contributed by atoms with Crippen molar-refractivity contribution in [3.63, 3.8) is 0 Å². The number of ether oxygens (including phenoxy) is 5. The molecule has 1 saturated heterocycles. The van der Waals surface area contributed by atoms with Crippen molar-refractivity contribution >= 4 is 82.9 Å². The molecule has 3 N–H and O–H groups in total. The average Bonchev–Trinajstić information content (AvgIpc) is 1.68. The summed E-state index contributed by atoms with van der Waals surface area (Å²) >= 11 is 0. The van der Waals surface area contributed by atoms with E-state index in [9.17, 15) is 33.6 Å². The highest BCUT2D eigenvalue weighted by atomic mass is 16.5. The molecule has 6 amide bonds. The lowest BCUT2D eigenvalue weighted by Crippen LogP contribution is -2.57. The van der Waals surface area contributed by atoms with E-state index in [0.29, 0.717) is 78.1 Å². The molecule has 90 heavy (non-hydrogen) atoms. The van der Waals surface area contributed by atoms with Gasteiger partial charge >= 0.3 is 0 Å². The van der Waals surface area contributed by atoms with Gasteiger partial charge in [-0.3, -0.25) is 48.4 Å². The molecule has 4 atom stereocenters. The van der Waals surface area contributed by atoms with E-state index in [4.69, 9.17) is 33.7 Å². The Morgan fingerprint density at radius 3 is 1.74 bits per heavy atom. The van der Waals surface area contributed by atoms with Crippen molar-refractivity contribution in [1.82, 2.24) is 25.3 Å². The Hall–Kier alpha value is -8.81. The van der Waals surface area contributed by atoms with E-state index in [-0.39, 0.29) is 59.9 Å². The molecule has 4 aromatic rings. The third-order valence-electron chi connectivity index (χ3n) is 16.6. The Balaban J connectivity index is 0.912. The molecule has 20 nitrogen and oxygen atoms in total. The Kier molecular flexibility index (Phi) is 22.0. The molecule has 4 aromatic carbocycles. The van der Waals surface area contributed by atoms with E-state index in [1.165, 1.54) is 12.0 Å². The van der Waals surface area contributed by atoms with Crippen LogP contribution in [0.15, 0.2) is 95.2 Å². The number of amides is 6. The Morgan fingerprint density at radius 2 is 1.19 bits per heavy atom. The molecule has 4 unspecified atom stereocenters. The molecule has 482 valence electrons. The smallest absolute Gasteiger partial charge is 0.246 e. The zero-order valence-electron chi connectivity index (χ0n) is 55.1. The lowest BCUT2D eigenvalue weighted by molar-refractivity contribution is -0.148. The number of imide groups is 1. The summed E-state index contributed by atoms with van der Waals surface area (Å²) in [5, 5.41) is 8.49. The lowest BCUT2D eigenvalue weighted by atomic mass is 9.76. The zero-order valence-corrected chi connectivity index (χ0v) is 55.1. The minimum absolute atomic E-state index is 0.143. The van der Waals surface area contributed by atoms with Crippen LogP contribution in [-0.4, -0.2) is 141 Å². The van der Waals surface area contributed by atoms with Crippen LogP contribution in [0.4, 0.5) is 17.1 Å². The number of nitrogens with one attached hydrogen (secondary N) is 3. The van der Waals surface area contributed by atoms with Crippen LogP contribution in [0, 0.1) is 29.1 Å². The van der Waals surface area contributed by atoms with Gasteiger partial charge in [0.2, 0.25) is 35.9 Å². The van der Waals surface area contributed by atoms with Crippen molar-refractivity contribution in [1.29, 1.82) is 0 Å². The number of hydrogen-bond donors (Lipinski definition) is 3. The Labute approximate surface area is 529 Å². The number of anilines is 1. The number of benzene rings is 4. The molecule has 3 aliphatic rings. The molecule has 1 fully saturated rings. The lowest BCUT2D eigenvalue weighted by Gasteiger charge is -2.40. The number of carbonyl (C=O) groups is 7. The summed E-state index contributed by atoms with van der Waals surface area (Å²) in [5.74, 6) is 0.473. The highest BCUT2D eigenvalue weighted by Gasteiger charge is 2.46. The van der Waals surface area contributed by atoms with Gasteiger partial charge in [0.25, 0.3) is 0 Å². The largest absolute Gasteiger partial charge is 0.497 e. The van der Waals surface area contributed by atoms with Gasteiger partial charge < -0.3 is 49.4 Å². The van der Waals surface area contributed by atoms with E-state index in [1.807, 2.05) is 86.0 Å². The summed E-state index contributed by atoms with van der Waals surface area (Å²) in [6.07, 6.45) is 11.4. The van der Waals surface area contributed by atoms with Crippen molar-refractivity contribution in [3.05, 3.63) is 107 Å². The zero-order chi connectivity index (χ0) is 66.0. The molecule has 0 saturated carbocycles. The summed E-state index contributed by atoms with van der Waals surface area (Å²) in [5.41, 5.74) is 4.18. The highest BCUT2D eigenvalue weighted by Crippen LogP contribution is 2.42. The third kappa shape index (κ3) is 17.1. The number of methoxy groups -OCH3 is 3. The number of aliphatic imine (C=N–C) groups is 2. The highest BCUT2D eigenvalue weighted by molar-refractivity contribution is 6.03. The van der Waals surface area contributed by atoms with Crippen LogP contribution in [0.1, 0.15) is 142 Å². The summed E-state index contributed by atoms with van der Waals surface area (Å²) in [6, 6.07) is 20.0. The molecule has 0 bridgehead atoms. The van der Waals surface area contributed by atoms with Crippen LogP contribution in [-0.2, 0) is 28.8 Å². The van der Waals surface area contributed by atoms with Crippen LogP contribution in [0.2, 0.25) is 0 Å². The summed E-state index contributed by atoms with van der Waals surface area (Å²) < 4.78 is 29.8. The quantitative estimate of drug-likeness (QED) is 0.0261. The third-order valence-corrected chi connectivity index (χ3v) is 16.6. The predicted molar refractivity (Wildman–Crippen MR) is 350 cm³/mol. The van der Waals surface area contributed by atoms with Crippen LogP contribution in [0.5, 0.6) is 28.7 Å². The first kappa shape index (κ1) is 68.7. The van der Waals surface area contributed by atoms with Crippen molar-refractivity contribution in [2.75, 3.05) is 46.9 Å². The van der Waals surface area contributed by atoms with Gasteiger partial charge in [-0.15, -0.1) is 0 Å². The number of aldehydes is 1. The fourth-order valence-corrected chi connectivity index (χ4v) is 12.1. The minimum atomic E-state index is -1.05. The van der Waals surface area contributed by atoms with Crippen molar-refractivity contribution < 1.29 is 57.2 Å². The van der Waals surface area contributed by atoms with Gasteiger partial charge in [0.1, 0.15) is 17.8 Å². The van der Waals surface area contributed by atoms with Crippen LogP contribution in [0.3, 0.4) is 0 Å². The summed E-state index contributed by atoms with van der Waals surface area (Å²) in [6.45, 7) is 23.2. The number of carbonyl (C=O) groups excluding carboxylic acids is 7. The van der Waals surface area contributed by atoms with Gasteiger partial charge in [-0.05, 0) is 128 Å². The normalized spacial score (nSPS) is 17.1. The molecule has 3 heterocycles. The minimum Gasteiger partial charge on any atom is -0.497 e. The van der Waals surface area contributed by atoms with E-state index >= 15 is 0 Å². The first-order valence-electron chi connectivity index (χ1n) is 30.5. The summed E-state index contributed by atoms with van der Waals surface area (Å²) in [7, 11) is 6.72. The van der Waals surface area contributed by atoms with E-state index in [2.05, 4.69) is 43.6 Å². The van der Waals surface area contributed by atoms with Crippen LogP contribution in [0.25, 0.3) is 11.1 Å². The fourth-order valence-electron chi connectivity index (χ4n) is 12.1. The van der Waals surface area contributed by atoms with Crippen molar-refractivity contribution in [2.45, 2.75) is 151 Å². The standard InChI is InChI=1S/C70H90N8O12/c1-43(2)63(75-66(85)69(9,10)39-70(11,12)78-61(81)25-26-62(78)82)65(84)73-45(4)64(83)74-51-21-17-46(18-22-51)48-28-52(76(13)35-48)33-72-56-32-60(58(88-16)30-50(56)37-79)90-41-68(7,8)38-67(5,6)40-89-59-31-55(44(3)27-57(59)87-15)71-34-53-29-49(36-77(53)42-80)47-19-23-54(86-14)24-20-47/h17-24,27,30-37,42-43,45,52-53,63H,25-26,28-29,38-41H2,1-16H3,(H,73,84)(H,74,83)(H,75,85). The molecule has 3 aliphatic heterocycles. The van der Waals surface area contributed by atoms with Crippen LogP contribution >= 0.6 is 0 Å². The number of rotatable bonds is 29. The molecule has 0 radical (unpaired) electrons. The maximum Gasteiger partial charge on any atom is 0.246 e. The molecule has 0 spiro atoms. The first-order valence-corrected chi connectivity index (χ1v) is 30.5. The number of hydrogen-bond acceptors (Lipinski definition) is 15. The topological polar surface area (TPSA) is 236 Å². The second-order valence-corrected chi connectivity index (χ2v) is 26.9. The van der Waals surface area contributed by atoms with Gasteiger partial charge in [0.15, 0.2) is 29.3 Å². The number of likely N-dealkylation sites (tertiary alicyclic amines) is 1. The molecule has 0 aliphatic carbocycles. The maximum atomic E-state index is 13.7. The second-order valence-electron chi connectivity index (χ2n) is 26.9. The summed E-state index contributed by atoms with van der Waals surface area (Å²) in [4.78, 5) is 105. The second kappa shape index (κ2) is 28.8. The molecular formula is C70H90N8O12. The van der Waals surface area contributed by atoms with Gasteiger partial charge in [-0.2, -0.15) is 0 Å². The monoisotopic (exact) mass is 1230 g/mol. The van der Waals surface area contributed by atoms with Crippen molar-refractivity contribution in [3.8, 4) is 28.7 Å². The first-order chi connectivity index (χ1) is 42.4. The Bertz CT molecular complexity index is 3420. The number of aryl methyl sites for hydroxylation is 1. The van der Waals surface area contributed by atoms with E-state index in [1.54, 1.807) is 98.1 Å². The SMILES string of the molecule is COc1ccc(C2=CN(C=O)C(C=Nc3cc(OCC(C)(C)CC(C)(C)COc4cc(N=CC5CC(c6ccc(NC(=O)C(C)NC(=O)C(NC(=O)C(C)(C)CC(C)(C)N7C(=O)CCC7=O)C(C)C)cc6)=CN5C)c(C=O)cc4OC)c(OC)cc3C)C2)cc1. The molecule has 0 aromatic heterocycles. The van der Waals surface area contributed by atoms with Gasteiger partial charge in [0, 0.05) is 85.5 Å². The number of nitrogens with zero attached hydrogens (tertiary/aromatic N) is 5. The van der Waals surface area contributed by atoms with Crippen molar-refractivity contribution in [2.24, 2.45) is 32.1 Å². The van der Waals surface area contributed by atoms with Gasteiger partial charge in [-0.25, -0.2) is 0 Å². The Morgan fingerprint density at radius 1 is 0.656 bits per heavy atom. The molecular weight excluding hydrogens is 1140 g/mol. The fraction of sp³-hybridized carbons (Fsp3) is 0.471. The average molecular weight is 1240 g/mol. The molecule has 7 rings (SSSR count). The van der Waals surface area contributed by atoms with Crippen LogP contribution < -0.4 is 39.6 Å². The van der Waals surface area contributed by atoms with Gasteiger partial charge in [0.05, 0.1) is 58.0 Å². The predicted octanol–water partition coefficient (Wildman–Crippen LogP) is 11.1. The molecule has 20 heteroatoms. The van der Waals surface area contributed by atoms with E-state index in [0.717, 1.165) is 46.3 Å². The van der Waals surface area contributed by atoms with E-state index < -0.39 is 40.8 Å².